The quantitative estimate of drug-likeness (QED) is 0.121. The van der Waals surface area contributed by atoms with Gasteiger partial charge in [0.15, 0.2) is 0 Å². The Morgan fingerprint density at radius 2 is 0.981 bits per heavy atom. The highest BCUT2D eigenvalue weighted by molar-refractivity contribution is 5.91. The standard InChI is InChI=1S/C40H58N8O6/c1-27(41-3)37(51)45-33(39(53)47-21-11-17-31(47)25-43-35(49)23-29-13-7-5-8-14-29)19-20-34(46-38(52)28(2)42-4)40(54)48-22-12-18-32(48)26-44-36(50)24-30-15-9-6-10-16-30/h5-10,13-16,27-28,31-34,41-42H,11-12,17-26H2,1-4H3,(H,43,49)(H,44,50)(H,45,51)(H,46,52)/t27-,28-,31-,32-,33-,34-/m0/s1. The molecule has 14 heteroatoms. The molecule has 4 rings (SSSR count). The summed E-state index contributed by atoms with van der Waals surface area (Å²) >= 11 is 0. The Balaban J connectivity index is 1.45. The lowest BCUT2D eigenvalue weighted by Crippen LogP contribution is -2.57. The maximum absolute atomic E-state index is 14.2. The highest BCUT2D eigenvalue weighted by Crippen LogP contribution is 2.22. The zero-order valence-electron chi connectivity index (χ0n) is 32.1. The Morgan fingerprint density at radius 3 is 1.33 bits per heavy atom. The van der Waals surface area contributed by atoms with E-state index in [4.69, 9.17) is 0 Å². The zero-order valence-corrected chi connectivity index (χ0v) is 32.1. The van der Waals surface area contributed by atoms with Gasteiger partial charge in [-0.25, -0.2) is 0 Å². The van der Waals surface area contributed by atoms with Crippen molar-refractivity contribution in [3.05, 3.63) is 71.8 Å². The molecule has 0 aliphatic carbocycles. The topological polar surface area (TPSA) is 181 Å². The number of amides is 6. The van der Waals surface area contributed by atoms with Gasteiger partial charge in [0.2, 0.25) is 35.4 Å². The Bertz CT molecular complexity index is 1440. The van der Waals surface area contributed by atoms with Crippen molar-refractivity contribution in [1.82, 2.24) is 41.7 Å². The second-order valence-electron chi connectivity index (χ2n) is 14.3. The molecule has 2 aromatic rings. The molecule has 294 valence electrons. The highest BCUT2D eigenvalue weighted by atomic mass is 16.2. The first kappa shape index (κ1) is 41.9. The lowest BCUT2D eigenvalue weighted by molar-refractivity contribution is -0.139. The first-order chi connectivity index (χ1) is 26.0. The van der Waals surface area contributed by atoms with Crippen molar-refractivity contribution < 1.29 is 28.8 Å². The second-order valence-corrected chi connectivity index (χ2v) is 14.3. The molecule has 2 aliphatic rings. The van der Waals surface area contributed by atoms with Crippen molar-refractivity contribution in [1.29, 1.82) is 0 Å². The van der Waals surface area contributed by atoms with Crippen LogP contribution in [0.3, 0.4) is 0 Å². The third kappa shape index (κ3) is 12.4. The van der Waals surface area contributed by atoms with E-state index >= 15 is 0 Å². The summed E-state index contributed by atoms with van der Waals surface area (Å²) < 4.78 is 0. The highest BCUT2D eigenvalue weighted by Gasteiger charge is 2.38. The van der Waals surface area contributed by atoms with Gasteiger partial charge in [-0.05, 0) is 77.6 Å². The SMILES string of the molecule is CN[C@@H](C)C(=O)N[C@@H](CC[C@H](NC(=O)[C@H](C)NC)C(=O)N1CCC[C@H]1CNC(=O)Cc1ccccc1)C(=O)N1CCC[C@H]1CNC(=O)Cc1ccccc1. The molecule has 0 aromatic heterocycles. The Kier molecular flexibility index (Phi) is 16.4. The third-order valence-electron chi connectivity index (χ3n) is 10.4. The number of carbonyl (C=O) groups is 6. The second kappa shape index (κ2) is 21.2. The number of nitrogens with zero attached hydrogens (tertiary/aromatic N) is 2. The Hall–Kier alpha value is -4.82. The average Bonchev–Trinajstić information content (AvgIpc) is 3.86. The molecule has 0 bridgehead atoms. The summed E-state index contributed by atoms with van der Waals surface area (Å²) in [7, 11) is 3.30. The van der Waals surface area contributed by atoms with E-state index in [1.807, 2.05) is 60.7 Å². The fraction of sp³-hybridized carbons (Fsp3) is 0.550. The van der Waals surface area contributed by atoms with Gasteiger partial charge in [0.05, 0.1) is 24.9 Å². The average molecular weight is 747 g/mol. The van der Waals surface area contributed by atoms with Crippen LogP contribution in [0.1, 0.15) is 63.5 Å². The molecule has 6 amide bonds. The Morgan fingerprint density at radius 1 is 0.611 bits per heavy atom. The third-order valence-corrected chi connectivity index (χ3v) is 10.4. The van der Waals surface area contributed by atoms with E-state index in [0.717, 1.165) is 24.0 Å². The van der Waals surface area contributed by atoms with Gasteiger partial charge < -0.3 is 41.7 Å². The summed E-state index contributed by atoms with van der Waals surface area (Å²) in [5.74, 6) is -1.62. The molecule has 14 nitrogen and oxygen atoms in total. The molecule has 6 atom stereocenters. The van der Waals surface area contributed by atoms with Gasteiger partial charge in [-0.15, -0.1) is 0 Å². The van der Waals surface area contributed by atoms with Crippen LogP contribution in [0.25, 0.3) is 0 Å². The smallest absolute Gasteiger partial charge is 0.245 e. The molecular formula is C40H58N8O6. The molecule has 6 N–H and O–H groups in total. The molecule has 0 spiro atoms. The summed E-state index contributed by atoms with van der Waals surface area (Å²) in [5.41, 5.74) is 1.79. The van der Waals surface area contributed by atoms with Crippen LogP contribution < -0.4 is 31.9 Å². The van der Waals surface area contributed by atoms with E-state index in [2.05, 4.69) is 31.9 Å². The van der Waals surface area contributed by atoms with Crippen molar-refractivity contribution >= 4 is 35.4 Å². The molecule has 2 aromatic carbocycles. The van der Waals surface area contributed by atoms with Gasteiger partial charge in [0.25, 0.3) is 0 Å². The molecule has 2 fully saturated rings. The number of nitrogens with one attached hydrogen (secondary N) is 6. The van der Waals surface area contributed by atoms with Crippen LogP contribution in [-0.4, -0.2) is 122 Å². The van der Waals surface area contributed by atoms with Gasteiger partial charge >= 0.3 is 0 Å². The minimum Gasteiger partial charge on any atom is -0.354 e. The van der Waals surface area contributed by atoms with Crippen molar-refractivity contribution in [2.45, 2.75) is 101 Å². The van der Waals surface area contributed by atoms with Crippen molar-refractivity contribution in [2.24, 2.45) is 0 Å². The number of likely N-dealkylation sites (N-methyl/N-ethyl adjacent to an activating group) is 2. The maximum atomic E-state index is 14.2. The monoisotopic (exact) mass is 746 g/mol. The molecule has 0 saturated carbocycles. The lowest BCUT2D eigenvalue weighted by atomic mass is 10.0. The summed E-state index contributed by atoms with van der Waals surface area (Å²) in [6.07, 6.45) is 3.51. The number of hydrogen-bond acceptors (Lipinski definition) is 8. The summed E-state index contributed by atoms with van der Waals surface area (Å²) in [6, 6.07) is 15.2. The van der Waals surface area contributed by atoms with Crippen molar-refractivity contribution in [2.75, 3.05) is 40.3 Å². The summed E-state index contributed by atoms with van der Waals surface area (Å²) in [6.45, 7) is 4.88. The van der Waals surface area contributed by atoms with Crippen LogP contribution in [0, 0.1) is 0 Å². The van der Waals surface area contributed by atoms with Gasteiger partial charge in [-0.3, -0.25) is 28.8 Å². The molecule has 54 heavy (non-hydrogen) atoms. The predicted octanol–water partition coefficient (Wildman–Crippen LogP) is 0.652. The number of carbonyl (C=O) groups excluding carboxylic acids is 6. The van der Waals surface area contributed by atoms with E-state index in [9.17, 15) is 28.8 Å². The minimum absolute atomic E-state index is 0.0849. The largest absolute Gasteiger partial charge is 0.354 e. The first-order valence-electron chi connectivity index (χ1n) is 19.2. The first-order valence-corrected chi connectivity index (χ1v) is 19.2. The zero-order chi connectivity index (χ0) is 39.0. The van der Waals surface area contributed by atoms with Gasteiger partial charge in [-0.1, -0.05) is 60.7 Å². The minimum atomic E-state index is -0.977. The van der Waals surface area contributed by atoms with E-state index in [-0.39, 0.29) is 86.3 Å². The van der Waals surface area contributed by atoms with E-state index in [0.29, 0.717) is 25.9 Å². The van der Waals surface area contributed by atoms with Gasteiger partial charge in [0, 0.05) is 38.3 Å². The van der Waals surface area contributed by atoms with Crippen molar-refractivity contribution in [3.63, 3.8) is 0 Å². The fourth-order valence-electron chi connectivity index (χ4n) is 6.93. The van der Waals surface area contributed by atoms with Crippen molar-refractivity contribution in [3.8, 4) is 0 Å². The van der Waals surface area contributed by atoms with Crippen LogP contribution in [-0.2, 0) is 41.6 Å². The van der Waals surface area contributed by atoms with Gasteiger partial charge in [-0.2, -0.15) is 0 Å². The van der Waals surface area contributed by atoms with E-state index in [1.54, 1.807) is 37.7 Å². The predicted molar refractivity (Wildman–Crippen MR) is 206 cm³/mol. The number of hydrogen-bond donors (Lipinski definition) is 6. The van der Waals surface area contributed by atoms with Gasteiger partial charge in [0.1, 0.15) is 12.1 Å². The summed E-state index contributed by atoms with van der Waals surface area (Å²) in [4.78, 5) is 83.7. The molecular weight excluding hydrogens is 688 g/mol. The molecule has 2 saturated heterocycles. The van der Waals surface area contributed by atoms with E-state index in [1.165, 1.54) is 0 Å². The normalized spacial score (nSPS) is 19.0. The molecule has 2 aliphatic heterocycles. The fourth-order valence-corrected chi connectivity index (χ4v) is 6.93. The Labute approximate surface area is 318 Å². The number of likely N-dealkylation sites (tertiary alicyclic amines) is 2. The number of rotatable bonds is 19. The van der Waals surface area contributed by atoms with Crippen LogP contribution in [0.2, 0.25) is 0 Å². The maximum Gasteiger partial charge on any atom is 0.245 e. The van der Waals surface area contributed by atoms with E-state index < -0.39 is 24.2 Å². The molecule has 0 radical (unpaired) electrons. The van der Waals surface area contributed by atoms with Crippen LogP contribution >= 0.6 is 0 Å². The lowest BCUT2D eigenvalue weighted by Gasteiger charge is -2.32. The number of benzene rings is 2. The molecule has 0 unspecified atom stereocenters. The van der Waals surface area contributed by atoms with Crippen LogP contribution in [0.4, 0.5) is 0 Å². The van der Waals surface area contributed by atoms with Crippen LogP contribution in [0.5, 0.6) is 0 Å². The molecule has 2 heterocycles. The summed E-state index contributed by atoms with van der Waals surface area (Å²) in [5, 5.41) is 17.5. The van der Waals surface area contributed by atoms with Crippen LogP contribution in [0.15, 0.2) is 60.7 Å².